The van der Waals surface area contributed by atoms with Crippen molar-refractivity contribution >= 4 is 18.0 Å². The minimum absolute atomic E-state index is 0.0568. The Labute approximate surface area is 131 Å². The Bertz CT molecular complexity index is 587. The van der Waals surface area contributed by atoms with Crippen LogP contribution >= 0.6 is 0 Å². The Hall–Kier alpha value is -1.97. The molecule has 1 aromatic rings. The van der Waals surface area contributed by atoms with E-state index >= 15 is 0 Å². The van der Waals surface area contributed by atoms with Crippen LogP contribution in [0.5, 0.6) is 0 Å². The number of hydrogen-bond donors (Lipinski definition) is 0. The lowest BCUT2D eigenvalue weighted by molar-refractivity contribution is -0.153. The van der Waals surface area contributed by atoms with Crippen molar-refractivity contribution in [1.82, 2.24) is 0 Å². The zero-order chi connectivity index (χ0) is 16.3. The van der Waals surface area contributed by atoms with Gasteiger partial charge < -0.3 is 4.84 Å². The summed E-state index contributed by atoms with van der Waals surface area (Å²) in [4.78, 5) is 28.2. The molecule has 0 amide bonds. The Kier molecular flexibility index (Phi) is 4.79. The van der Waals surface area contributed by atoms with Gasteiger partial charge in [0.1, 0.15) is 5.78 Å². The van der Waals surface area contributed by atoms with Gasteiger partial charge in [-0.25, -0.2) is 4.79 Å². The Morgan fingerprint density at radius 1 is 1.32 bits per heavy atom. The van der Waals surface area contributed by atoms with E-state index in [1.807, 2.05) is 45.0 Å². The molecule has 118 valence electrons. The summed E-state index contributed by atoms with van der Waals surface area (Å²) in [6, 6.07) is 7.78. The van der Waals surface area contributed by atoms with Gasteiger partial charge >= 0.3 is 5.97 Å². The molecule has 0 N–H and O–H groups in total. The fourth-order valence-electron chi connectivity index (χ4n) is 3.09. The van der Waals surface area contributed by atoms with E-state index in [-0.39, 0.29) is 29.0 Å². The van der Waals surface area contributed by atoms with E-state index in [0.29, 0.717) is 6.42 Å². The number of Topliss-reactive ketones (excluding diaryl/α,β-unsaturated/α-hetero) is 1. The number of ketones is 1. The Morgan fingerprint density at radius 3 is 2.50 bits per heavy atom. The van der Waals surface area contributed by atoms with Crippen LogP contribution in [0, 0.1) is 24.2 Å². The van der Waals surface area contributed by atoms with Gasteiger partial charge in [-0.3, -0.25) is 4.79 Å². The van der Waals surface area contributed by atoms with Crippen LogP contribution in [0.1, 0.15) is 44.7 Å². The monoisotopic (exact) mass is 301 g/mol. The second kappa shape index (κ2) is 6.42. The van der Waals surface area contributed by atoms with Crippen molar-refractivity contribution in [3.63, 3.8) is 0 Å². The highest BCUT2D eigenvalue weighted by molar-refractivity contribution is 5.81. The highest BCUT2D eigenvalue weighted by Crippen LogP contribution is 2.53. The summed E-state index contributed by atoms with van der Waals surface area (Å²) in [5.41, 5.74) is 1.92. The number of oxime groups is 1. The van der Waals surface area contributed by atoms with E-state index in [1.54, 1.807) is 6.92 Å². The smallest absolute Gasteiger partial charge is 0.318 e. The molecular formula is C18H23NO3. The molecule has 0 spiro atoms. The second-order valence-corrected chi connectivity index (χ2v) is 6.73. The van der Waals surface area contributed by atoms with Gasteiger partial charge in [-0.05, 0) is 37.2 Å². The molecule has 2 atom stereocenters. The predicted molar refractivity (Wildman–Crippen MR) is 85.5 cm³/mol. The number of carbonyl (C=O) groups is 2. The average molecular weight is 301 g/mol. The minimum atomic E-state index is -0.344. The number of benzene rings is 1. The van der Waals surface area contributed by atoms with Crippen LogP contribution in [0.4, 0.5) is 0 Å². The number of rotatable bonds is 5. The molecule has 4 nitrogen and oxygen atoms in total. The maximum atomic E-state index is 11.8. The molecule has 0 heterocycles. The molecule has 1 aliphatic carbocycles. The summed E-state index contributed by atoms with van der Waals surface area (Å²) < 4.78 is 0. The van der Waals surface area contributed by atoms with Crippen molar-refractivity contribution < 1.29 is 14.4 Å². The lowest BCUT2D eigenvalue weighted by Crippen LogP contribution is -2.48. The van der Waals surface area contributed by atoms with Crippen LogP contribution in [-0.4, -0.2) is 18.0 Å². The quantitative estimate of drug-likeness (QED) is 0.475. The van der Waals surface area contributed by atoms with Crippen molar-refractivity contribution in [1.29, 1.82) is 0 Å². The average Bonchev–Trinajstić information content (AvgIpc) is 2.44. The van der Waals surface area contributed by atoms with Gasteiger partial charge in [-0.1, -0.05) is 48.8 Å². The highest BCUT2D eigenvalue weighted by atomic mass is 16.7. The first-order valence-electron chi connectivity index (χ1n) is 7.61. The van der Waals surface area contributed by atoms with E-state index < -0.39 is 0 Å². The first kappa shape index (κ1) is 16.4. The van der Waals surface area contributed by atoms with Crippen molar-refractivity contribution in [3.8, 4) is 0 Å². The molecular weight excluding hydrogens is 278 g/mol. The molecule has 4 heteroatoms. The molecule has 0 radical (unpaired) electrons. The van der Waals surface area contributed by atoms with Crippen LogP contribution in [-0.2, 0) is 14.4 Å². The fourth-order valence-corrected chi connectivity index (χ4v) is 3.09. The van der Waals surface area contributed by atoms with Gasteiger partial charge in [0.25, 0.3) is 0 Å². The SMILES string of the molecule is CC(=O)[C@H]1C[C@@H](CC(=O)ON=Cc2ccc(C)cc2)C1(C)C. The molecule has 2 rings (SSSR count). The first-order valence-corrected chi connectivity index (χ1v) is 7.61. The Morgan fingerprint density at radius 2 is 1.95 bits per heavy atom. The zero-order valence-corrected chi connectivity index (χ0v) is 13.6. The summed E-state index contributed by atoms with van der Waals surface area (Å²) in [6.07, 6.45) is 2.60. The Balaban J connectivity index is 1.82. The molecule has 0 aromatic heterocycles. The van der Waals surface area contributed by atoms with Gasteiger partial charge in [-0.2, -0.15) is 0 Å². The van der Waals surface area contributed by atoms with Crippen LogP contribution in [0.15, 0.2) is 29.4 Å². The van der Waals surface area contributed by atoms with Gasteiger partial charge in [0.05, 0.1) is 12.6 Å². The largest absolute Gasteiger partial charge is 0.335 e. The summed E-state index contributed by atoms with van der Waals surface area (Å²) in [5, 5.41) is 3.74. The third-order valence-electron chi connectivity index (χ3n) is 4.81. The van der Waals surface area contributed by atoms with E-state index in [1.165, 1.54) is 11.8 Å². The maximum absolute atomic E-state index is 11.8. The van der Waals surface area contributed by atoms with Gasteiger partial charge in [0.15, 0.2) is 0 Å². The summed E-state index contributed by atoms with van der Waals surface area (Å²) in [7, 11) is 0. The molecule has 22 heavy (non-hydrogen) atoms. The third kappa shape index (κ3) is 3.62. The van der Waals surface area contributed by atoms with E-state index in [4.69, 9.17) is 4.84 Å². The van der Waals surface area contributed by atoms with Crippen LogP contribution < -0.4 is 0 Å². The summed E-state index contributed by atoms with van der Waals surface area (Å²) >= 11 is 0. The van der Waals surface area contributed by atoms with Crippen LogP contribution in [0.3, 0.4) is 0 Å². The van der Waals surface area contributed by atoms with Gasteiger partial charge in [0, 0.05) is 5.92 Å². The molecule has 1 aromatic carbocycles. The highest BCUT2D eigenvalue weighted by Gasteiger charge is 2.50. The maximum Gasteiger partial charge on any atom is 0.335 e. The molecule has 1 fully saturated rings. The fraction of sp³-hybridized carbons (Fsp3) is 0.500. The van der Waals surface area contributed by atoms with E-state index in [2.05, 4.69) is 5.16 Å². The van der Waals surface area contributed by atoms with E-state index in [9.17, 15) is 9.59 Å². The van der Waals surface area contributed by atoms with Crippen molar-refractivity contribution in [2.24, 2.45) is 22.4 Å². The van der Waals surface area contributed by atoms with Crippen molar-refractivity contribution in [3.05, 3.63) is 35.4 Å². The van der Waals surface area contributed by atoms with E-state index in [0.717, 1.165) is 12.0 Å². The second-order valence-electron chi connectivity index (χ2n) is 6.73. The normalized spacial score (nSPS) is 23.1. The molecule has 0 aliphatic heterocycles. The van der Waals surface area contributed by atoms with Gasteiger partial charge in [0.2, 0.25) is 0 Å². The topological polar surface area (TPSA) is 55.7 Å². The third-order valence-corrected chi connectivity index (χ3v) is 4.81. The minimum Gasteiger partial charge on any atom is -0.318 e. The number of aryl methyl sites for hydroxylation is 1. The molecule has 0 bridgehead atoms. The molecule has 1 aliphatic rings. The molecule has 0 saturated heterocycles. The lowest BCUT2D eigenvalue weighted by Gasteiger charge is -2.50. The number of nitrogens with zero attached hydrogens (tertiary/aromatic N) is 1. The van der Waals surface area contributed by atoms with Crippen LogP contribution in [0.25, 0.3) is 0 Å². The standard InChI is InChI=1S/C18H23NO3/c1-12-5-7-14(8-6-12)11-19-22-17(21)10-15-9-16(13(2)20)18(15,3)4/h5-8,11,15-16H,9-10H2,1-4H3/t15-,16+/m0/s1. The molecule has 1 saturated carbocycles. The van der Waals surface area contributed by atoms with Gasteiger partial charge in [-0.15, -0.1) is 0 Å². The number of hydrogen-bond acceptors (Lipinski definition) is 4. The predicted octanol–water partition coefficient (Wildman–Crippen LogP) is 3.51. The lowest BCUT2D eigenvalue weighted by atomic mass is 9.53. The first-order chi connectivity index (χ1) is 10.3. The number of carbonyl (C=O) groups excluding carboxylic acids is 2. The zero-order valence-electron chi connectivity index (χ0n) is 13.6. The van der Waals surface area contributed by atoms with Crippen molar-refractivity contribution in [2.75, 3.05) is 0 Å². The van der Waals surface area contributed by atoms with Crippen LogP contribution in [0.2, 0.25) is 0 Å². The summed E-state index contributed by atoms with van der Waals surface area (Å²) in [5.74, 6) is 0.0975. The van der Waals surface area contributed by atoms with Crippen molar-refractivity contribution in [2.45, 2.75) is 40.5 Å². The summed E-state index contributed by atoms with van der Waals surface area (Å²) in [6.45, 7) is 7.70. The molecule has 0 unspecified atom stereocenters.